The van der Waals surface area contributed by atoms with Gasteiger partial charge >= 0.3 is 6.09 Å². The molecule has 1 aliphatic heterocycles. The highest BCUT2D eigenvalue weighted by atomic mass is 19.1. The number of hydrogen-bond donors (Lipinski definition) is 1. The maximum absolute atomic E-state index is 14.9. The van der Waals surface area contributed by atoms with Crippen LogP contribution in [0.25, 0.3) is 11.5 Å². The third kappa shape index (κ3) is 5.39. The Balaban J connectivity index is 1.29. The van der Waals surface area contributed by atoms with Crippen LogP contribution in [0.5, 0.6) is 0 Å². The molecule has 38 heavy (non-hydrogen) atoms. The molecule has 0 radical (unpaired) electrons. The molecule has 9 nitrogen and oxygen atoms in total. The second-order valence-corrected chi connectivity index (χ2v) is 9.33. The lowest BCUT2D eigenvalue weighted by atomic mass is 9.97. The van der Waals surface area contributed by atoms with Crippen molar-refractivity contribution < 1.29 is 18.7 Å². The van der Waals surface area contributed by atoms with Gasteiger partial charge < -0.3 is 19.5 Å². The molecule has 1 aliphatic rings. The number of hydrogen-bond acceptors (Lipinski definition) is 6. The van der Waals surface area contributed by atoms with Gasteiger partial charge in [-0.05, 0) is 61.2 Å². The van der Waals surface area contributed by atoms with E-state index in [-0.39, 0.29) is 30.6 Å². The molecule has 2 aromatic heterocycles. The average Bonchev–Trinajstić information content (AvgIpc) is 3.42. The predicted octanol–water partition coefficient (Wildman–Crippen LogP) is 5.01. The van der Waals surface area contributed by atoms with Gasteiger partial charge in [0.25, 0.3) is 5.91 Å². The van der Waals surface area contributed by atoms with Crippen molar-refractivity contribution in [1.29, 1.82) is 0 Å². The van der Waals surface area contributed by atoms with E-state index in [1.165, 1.54) is 12.1 Å². The molecule has 4 aromatic rings. The van der Waals surface area contributed by atoms with E-state index < -0.39 is 17.8 Å². The quantitative estimate of drug-likeness (QED) is 0.388. The molecule has 2 aromatic carbocycles. The maximum Gasteiger partial charge on any atom is 0.410 e. The Morgan fingerprint density at radius 1 is 1.08 bits per heavy atom. The lowest BCUT2D eigenvalue weighted by molar-refractivity contribution is 0.0918. The summed E-state index contributed by atoms with van der Waals surface area (Å²) in [5.41, 5.74) is 2.76. The molecule has 10 heteroatoms. The summed E-state index contributed by atoms with van der Waals surface area (Å²) in [6, 6.07) is 17.5. The molecule has 5 rings (SSSR count). The minimum Gasteiger partial charge on any atom is -0.445 e. The summed E-state index contributed by atoms with van der Waals surface area (Å²) in [7, 11) is 0. The summed E-state index contributed by atoms with van der Waals surface area (Å²) in [4.78, 5) is 31.7. The molecular weight excluding hydrogens is 487 g/mol. The second kappa shape index (κ2) is 10.8. The van der Waals surface area contributed by atoms with Crippen molar-refractivity contribution in [2.75, 3.05) is 11.9 Å². The third-order valence-electron chi connectivity index (χ3n) is 6.36. The van der Waals surface area contributed by atoms with E-state index in [9.17, 15) is 14.0 Å². The molecule has 0 aliphatic carbocycles. The van der Waals surface area contributed by atoms with Crippen LogP contribution in [0.3, 0.4) is 0 Å². The molecule has 3 heterocycles. The van der Waals surface area contributed by atoms with E-state index in [4.69, 9.17) is 4.74 Å². The number of benzene rings is 2. The van der Waals surface area contributed by atoms with E-state index in [0.29, 0.717) is 30.0 Å². The van der Waals surface area contributed by atoms with Crippen molar-refractivity contribution in [1.82, 2.24) is 24.6 Å². The summed E-state index contributed by atoms with van der Waals surface area (Å²) in [5, 5.41) is 10.8. The third-order valence-corrected chi connectivity index (χ3v) is 6.36. The lowest BCUT2D eigenvalue weighted by Gasteiger charge is -2.28. The Labute approximate surface area is 219 Å². The van der Waals surface area contributed by atoms with E-state index in [1.54, 1.807) is 29.4 Å². The molecular formula is C28H27FN6O3. The van der Waals surface area contributed by atoms with Crippen LogP contribution in [0.4, 0.5) is 15.0 Å². The van der Waals surface area contributed by atoms with Gasteiger partial charge in [0.1, 0.15) is 30.3 Å². The number of rotatable bonds is 6. The summed E-state index contributed by atoms with van der Waals surface area (Å²) in [6.45, 7) is 4.80. The van der Waals surface area contributed by atoms with Gasteiger partial charge in [0.05, 0.1) is 5.56 Å². The van der Waals surface area contributed by atoms with Crippen LogP contribution < -0.4 is 5.32 Å². The second-order valence-electron chi connectivity index (χ2n) is 9.33. The van der Waals surface area contributed by atoms with Gasteiger partial charge in [-0.15, -0.1) is 10.2 Å². The highest BCUT2D eigenvalue weighted by molar-refractivity contribution is 6.04. The molecule has 0 fully saturated rings. The number of halogens is 1. The van der Waals surface area contributed by atoms with Crippen molar-refractivity contribution in [2.45, 2.75) is 39.5 Å². The van der Waals surface area contributed by atoms with Gasteiger partial charge in [-0.25, -0.2) is 14.2 Å². The van der Waals surface area contributed by atoms with E-state index in [1.807, 2.05) is 48.7 Å². The van der Waals surface area contributed by atoms with Gasteiger partial charge in [-0.3, -0.25) is 4.79 Å². The summed E-state index contributed by atoms with van der Waals surface area (Å²) >= 11 is 0. The average molecular weight is 515 g/mol. The van der Waals surface area contributed by atoms with Crippen molar-refractivity contribution in [2.24, 2.45) is 0 Å². The SMILES string of the molecule is CC(C)n1cnnc1-c1cccc(NC(=O)c2cc3c(cc2F)CCN(C(=O)OCc2ccccc2)C3)n1. The monoisotopic (exact) mass is 514 g/mol. The number of pyridine rings is 1. The Morgan fingerprint density at radius 2 is 1.89 bits per heavy atom. The number of fused-ring (bicyclic) bond motifs is 1. The van der Waals surface area contributed by atoms with Gasteiger partial charge in [-0.2, -0.15) is 0 Å². The molecule has 1 N–H and O–H groups in total. The molecule has 0 bridgehead atoms. The minimum absolute atomic E-state index is 0.124. The summed E-state index contributed by atoms with van der Waals surface area (Å²) in [6.07, 6.45) is 1.63. The van der Waals surface area contributed by atoms with Crippen LogP contribution in [0.2, 0.25) is 0 Å². The zero-order chi connectivity index (χ0) is 26.6. The molecule has 194 valence electrons. The number of nitrogens with zero attached hydrogens (tertiary/aromatic N) is 5. The minimum atomic E-state index is -0.635. The number of carbonyl (C=O) groups excluding carboxylic acids is 2. The van der Waals surface area contributed by atoms with Crippen molar-refractivity contribution in [3.8, 4) is 11.5 Å². The fourth-order valence-corrected chi connectivity index (χ4v) is 4.34. The van der Waals surface area contributed by atoms with Crippen LogP contribution >= 0.6 is 0 Å². The van der Waals surface area contributed by atoms with Crippen molar-refractivity contribution in [3.05, 3.63) is 95.1 Å². The maximum atomic E-state index is 14.9. The number of nitrogens with one attached hydrogen (secondary N) is 1. The first-order chi connectivity index (χ1) is 18.4. The Hall–Kier alpha value is -4.60. The standard InChI is InChI=1S/C28H27FN6O3/c1-18(2)35-17-30-33-26(35)24-9-6-10-25(31-24)32-27(36)22-13-21-15-34(12-11-20(21)14-23(22)29)28(37)38-16-19-7-4-3-5-8-19/h3-10,13-14,17-18H,11-12,15-16H2,1-2H3,(H,31,32,36). The molecule has 0 spiro atoms. The number of carbonyl (C=O) groups is 2. The zero-order valence-electron chi connectivity index (χ0n) is 21.1. The van der Waals surface area contributed by atoms with Crippen LogP contribution in [-0.2, 0) is 24.3 Å². The van der Waals surface area contributed by atoms with Crippen LogP contribution in [-0.4, -0.2) is 43.2 Å². The topological polar surface area (TPSA) is 102 Å². The number of amides is 2. The Morgan fingerprint density at radius 3 is 2.68 bits per heavy atom. The first kappa shape index (κ1) is 25.1. The highest BCUT2D eigenvalue weighted by Crippen LogP contribution is 2.25. The van der Waals surface area contributed by atoms with E-state index in [2.05, 4.69) is 20.5 Å². The number of aromatic nitrogens is 4. The number of anilines is 1. The fourth-order valence-electron chi connectivity index (χ4n) is 4.34. The summed E-state index contributed by atoms with van der Waals surface area (Å²) in [5.74, 6) is -0.439. The van der Waals surface area contributed by atoms with Gasteiger partial charge in [0.2, 0.25) is 0 Å². The fraction of sp³-hybridized carbons (Fsp3) is 0.250. The molecule has 0 unspecified atom stereocenters. The van der Waals surface area contributed by atoms with Crippen molar-refractivity contribution in [3.63, 3.8) is 0 Å². The zero-order valence-corrected chi connectivity index (χ0v) is 21.1. The normalized spacial score (nSPS) is 12.8. The van der Waals surface area contributed by atoms with Crippen molar-refractivity contribution >= 4 is 17.8 Å². The predicted molar refractivity (Wildman–Crippen MR) is 139 cm³/mol. The largest absolute Gasteiger partial charge is 0.445 e. The van der Waals surface area contributed by atoms with Gasteiger partial charge in [0, 0.05) is 19.1 Å². The smallest absolute Gasteiger partial charge is 0.410 e. The lowest BCUT2D eigenvalue weighted by Crippen LogP contribution is -2.36. The number of ether oxygens (including phenoxy) is 1. The molecule has 0 atom stereocenters. The Kier molecular flexibility index (Phi) is 7.12. The van der Waals surface area contributed by atoms with E-state index in [0.717, 1.165) is 11.1 Å². The Bertz CT molecular complexity index is 1470. The first-order valence-electron chi connectivity index (χ1n) is 12.3. The van der Waals surface area contributed by atoms with E-state index >= 15 is 0 Å². The highest BCUT2D eigenvalue weighted by Gasteiger charge is 2.25. The molecule has 2 amide bonds. The first-order valence-corrected chi connectivity index (χ1v) is 12.3. The van der Waals surface area contributed by atoms with Gasteiger partial charge in [-0.1, -0.05) is 36.4 Å². The van der Waals surface area contributed by atoms with Gasteiger partial charge in [0.15, 0.2) is 5.82 Å². The van der Waals surface area contributed by atoms with Crippen LogP contribution in [0.15, 0.2) is 67.0 Å². The van der Waals surface area contributed by atoms with Crippen LogP contribution in [0, 0.1) is 5.82 Å². The van der Waals surface area contributed by atoms with Crippen LogP contribution in [0.1, 0.15) is 46.9 Å². The molecule has 0 saturated heterocycles. The molecule has 0 saturated carbocycles. The summed E-state index contributed by atoms with van der Waals surface area (Å²) < 4.78 is 22.2.